The molecule has 0 saturated carbocycles. The van der Waals surface area contributed by atoms with E-state index >= 15 is 0 Å². The number of rotatable bonds is 5. The number of carbonyl (C=O) groups is 2. The van der Waals surface area contributed by atoms with Gasteiger partial charge >= 0.3 is 0 Å². The number of sulfone groups is 1. The molecular formula is C19H28N2O5S. The van der Waals surface area contributed by atoms with Gasteiger partial charge in [-0.3, -0.25) is 9.59 Å². The van der Waals surface area contributed by atoms with Gasteiger partial charge in [0.25, 0.3) is 0 Å². The third kappa shape index (κ3) is 3.01. The SMILES string of the molecule is CCC(CC)CN1C[C@]23C=C[C@H](O2)[C@@H](C(=O)N2CCS(=O)(=O)CC2)[C@H]3C1=O. The Morgan fingerprint density at radius 2 is 1.96 bits per heavy atom. The van der Waals surface area contributed by atoms with E-state index in [4.69, 9.17) is 4.74 Å². The van der Waals surface area contributed by atoms with E-state index in [-0.39, 0.29) is 42.5 Å². The standard InChI is InChI=1S/C19H28N2O5S/c1-3-13(4-2)11-21-12-19-6-5-14(26-19)15(16(19)18(21)23)17(22)20-7-9-27(24,25)10-8-20/h5-6,13-16H,3-4,7-12H2,1-2H3/t14-,15+,16-,19-/m0/s1. The van der Waals surface area contributed by atoms with Gasteiger partial charge in [0.15, 0.2) is 9.84 Å². The Morgan fingerprint density at radius 1 is 1.30 bits per heavy atom. The first kappa shape index (κ1) is 18.9. The summed E-state index contributed by atoms with van der Waals surface area (Å²) < 4.78 is 29.5. The van der Waals surface area contributed by atoms with Crippen molar-refractivity contribution >= 4 is 21.7 Å². The summed E-state index contributed by atoms with van der Waals surface area (Å²) in [5, 5.41) is 0. The van der Waals surface area contributed by atoms with E-state index in [9.17, 15) is 18.0 Å². The summed E-state index contributed by atoms with van der Waals surface area (Å²) in [6.45, 7) is 5.89. The lowest BCUT2D eigenvalue weighted by molar-refractivity contribution is -0.143. The fourth-order valence-electron chi connectivity index (χ4n) is 5.02. The molecule has 0 aromatic rings. The number of carbonyl (C=O) groups excluding carboxylic acids is 2. The lowest BCUT2D eigenvalue weighted by Gasteiger charge is -2.32. The molecule has 4 aliphatic rings. The Kier molecular flexibility index (Phi) is 4.62. The highest BCUT2D eigenvalue weighted by molar-refractivity contribution is 7.91. The molecule has 150 valence electrons. The van der Waals surface area contributed by atoms with Crippen molar-refractivity contribution in [2.45, 2.75) is 38.4 Å². The largest absolute Gasteiger partial charge is 0.360 e. The molecule has 1 spiro atoms. The van der Waals surface area contributed by atoms with Crippen LogP contribution >= 0.6 is 0 Å². The summed E-state index contributed by atoms with van der Waals surface area (Å²) in [7, 11) is -3.06. The maximum absolute atomic E-state index is 13.2. The molecule has 0 aromatic carbocycles. The first-order valence-electron chi connectivity index (χ1n) is 9.95. The zero-order chi connectivity index (χ0) is 19.4. The zero-order valence-corrected chi connectivity index (χ0v) is 16.8. The predicted octanol–water partition coefficient (Wildman–Crippen LogP) is 0.462. The second-order valence-corrected chi connectivity index (χ2v) is 10.6. The topological polar surface area (TPSA) is 84.0 Å². The zero-order valence-electron chi connectivity index (χ0n) is 16.0. The van der Waals surface area contributed by atoms with Crippen LogP contribution in [-0.2, 0) is 24.2 Å². The summed E-state index contributed by atoms with van der Waals surface area (Å²) >= 11 is 0. The molecular weight excluding hydrogens is 368 g/mol. The van der Waals surface area contributed by atoms with Gasteiger partial charge in [-0.2, -0.15) is 0 Å². The Balaban J connectivity index is 1.53. The molecule has 27 heavy (non-hydrogen) atoms. The maximum Gasteiger partial charge on any atom is 0.230 e. The Bertz CT molecular complexity index is 761. The molecule has 8 heteroatoms. The molecule has 4 heterocycles. The van der Waals surface area contributed by atoms with Crippen molar-refractivity contribution in [1.29, 1.82) is 0 Å². The molecule has 7 nitrogen and oxygen atoms in total. The minimum absolute atomic E-state index is 0.00260. The average Bonchev–Trinajstić information content (AvgIpc) is 3.27. The number of ether oxygens (including phenoxy) is 1. The lowest BCUT2D eigenvalue weighted by atomic mass is 9.76. The van der Waals surface area contributed by atoms with Crippen molar-refractivity contribution in [2.75, 3.05) is 37.7 Å². The van der Waals surface area contributed by atoms with Gasteiger partial charge in [0.1, 0.15) is 5.60 Å². The summed E-state index contributed by atoms with van der Waals surface area (Å²) in [4.78, 5) is 29.8. The summed E-state index contributed by atoms with van der Waals surface area (Å²) in [6.07, 6.45) is 5.54. The molecule has 2 bridgehead atoms. The second-order valence-electron chi connectivity index (χ2n) is 8.28. The van der Waals surface area contributed by atoms with Gasteiger partial charge in [0.2, 0.25) is 11.8 Å². The van der Waals surface area contributed by atoms with Gasteiger partial charge in [-0.15, -0.1) is 0 Å². The van der Waals surface area contributed by atoms with Crippen LogP contribution in [0.1, 0.15) is 26.7 Å². The van der Waals surface area contributed by atoms with Gasteiger partial charge in [-0.05, 0) is 5.92 Å². The lowest BCUT2D eigenvalue weighted by Crippen LogP contribution is -2.50. The van der Waals surface area contributed by atoms with Crippen molar-refractivity contribution in [2.24, 2.45) is 17.8 Å². The molecule has 0 N–H and O–H groups in total. The highest BCUT2D eigenvalue weighted by Crippen LogP contribution is 2.52. The van der Waals surface area contributed by atoms with E-state index in [2.05, 4.69) is 13.8 Å². The van der Waals surface area contributed by atoms with Crippen molar-refractivity contribution in [3.63, 3.8) is 0 Å². The molecule has 2 amide bonds. The highest BCUT2D eigenvalue weighted by Gasteiger charge is 2.67. The van der Waals surface area contributed by atoms with E-state index in [1.165, 1.54) is 0 Å². The van der Waals surface area contributed by atoms with E-state index in [1.807, 2.05) is 17.1 Å². The first-order valence-corrected chi connectivity index (χ1v) is 11.8. The molecule has 0 aliphatic carbocycles. The quantitative estimate of drug-likeness (QED) is 0.631. The number of amides is 2. The summed E-state index contributed by atoms with van der Waals surface area (Å²) in [5.74, 6) is -0.690. The van der Waals surface area contributed by atoms with Gasteiger partial charge in [0, 0.05) is 19.6 Å². The summed E-state index contributed by atoms with van der Waals surface area (Å²) in [6, 6.07) is 0. The van der Waals surface area contributed by atoms with Gasteiger partial charge in [0.05, 0.1) is 36.0 Å². The van der Waals surface area contributed by atoms with Crippen molar-refractivity contribution in [1.82, 2.24) is 9.80 Å². The van der Waals surface area contributed by atoms with Gasteiger partial charge < -0.3 is 14.5 Å². The van der Waals surface area contributed by atoms with Crippen LogP contribution in [0.3, 0.4) is 0 Å². The number of nitrogens with zero attached hydrogens (tertiary/aromatic N) is 2. The number of hydrogen-bond donors (Lipinski definition) is 0. The molecule has 4 atom stereocenters. The minimum atomic E-state index is -3.06. The average molecular weight is 397 g/mol. The normalized spacial score (nSPS) is 36.7. The van der Waals surface area contributed by atoms with Crippen LogP contribution in [-0.4, -0.2) is 79.4 Å². The van der Waals surface area contributed by atoms with Crippen molar-refractivity contribution in [3.05, 3.63) is 12.2 Å². The molecule has 0 unspecified atom stereocenters. The van der Waals surface area contributed by atoms with Crippen LogP contribution in [0.15, 0.2) is 12.2 Å². The Hall–Kier alpha value is -1.41. The molecule has 3 fully saturated rings. The number of hydrogen-bond acceptors (Lipinski definition) is 5. The van der Waals surface area contributed by atoms with Crippen LogP contribution in [0.2, 0.25) is 0 Å². The van der Waals surface area contributed by atoms with Gasteiger partial charge in [-0.25, -0.2) is 8.42 Å². The monoisotopic (exact) mass is 396 g/mol. The molecule has 0 aromatic heterocycles. The van der Waals surface area contributed by atoms with Gasteiger partial charge in [-0.1, -0.05) is 38.8 Å². The smallest absolute Gasteiger partial charge is 0.230 e. The molecule has 4 aliphatic heterocycles. The predicted molar refractivity (Wildman–Crippen MR) is 99.6 cm³/mol. The fraction of sp³-hybridized carbons (Fsp3) is 0.789. The molecule has 3 saturated heterocycles. The highest BCUT2D eigenvalue weighted by atomic mass is 32.2. The van der Waals surface area contributed by atoms with Crippen LogP contribution in [0.25, 0.3) is 0 Å². The van der Waals surface area contributed by atoms with Crippen LogP contribution in [0.5, 0.6) is 0 Å². The Labute approximate surface area is 160 Å². The minimum Gasteiger partial charge on any atom is -0.360 e. The third-order valence-corrected chi connectivity index (χ3v) is 8.36. The number of fused-ring (bicyclic) bond motifs is 1. The molecule has 0 radical (unpaired) electrons. The van der Waals surface area contributed by atoms with E-state index in [1.54, 1.807) is 4.90 Å². The van der Waals surface area contributed by atoms with E-state index < -0.39 is 27.3 Å². The van der Waals surface area contributed by atoms with Crippen LogP contribution in [0, 0.1) is 17.8 Å². The van der Waals surface area contributed by atoms with Crippen LogP contribution < -0.4 is 0 Å². The van der Waals surface area contributed by atoms with E-state index in [0.717, 1.165) is 12.8 Å². The maximum atomic E-state index is 13.2. The second kappa shape index (κ2) is 6.58. The molecule has 4 rings (SSSR count). The van der Waals surface area contributed by atoms with Crippen molar-refractivity contribution < 1.29 is 22.7 Å². The fourth-order valence-corrected chi connectivity index (χ4v) is 6.22. The van der Waals surface area contributed by atoms with E-state index in [0.29, 0.717) is 19.0 Å². The van der Waals surface area contributed by atoms with Crippen LogP contribution in [0.4, 0.5) is 0 Å². The first-order chi connectivity index (χ1) is 12.8. The van der Waals surface area contributed by atoms with Crippen molar-refractivity contribution in [3.8, 4) is 0 Å². The number of likely N-dealkylation sites (tertiary alicyclic amines) is 1. The third-order valence-electron chi connectivity index (χ3n) is 6.75. The summed E-state index contributed by atoms with van der Waals surface area (Å²) in [5.41, 5.74) is -0.685. The Morgan fingerprint density at radius 3 is 2.59 bits per heavy atom.